The molecule has 1 heterocycles. The molecule has 9 heteroatoms. The SMILES string of the molecule is O=P(c1ccccc1)(c1ccccc1)c1ccc(C(c2cccc(C(F)(F)F)c2)(c2cccc(C(F)(F)F)c2)c2cc3cccc4ccc5cccc2c5c43)s1. The van der Waals surface area contributed by atoms with E-state index in [2.05, 4.69) is 0 Å². The Morgan fingerprint density at radius 1 is 0.429 bits per heavy atom. The molecule has 0 atom stereocenters. The minimum Gasteiger partial charge on any atom is -0.308 e. The highest BCUT2D eigenvalue weighted by molar-refractivity contribution is 7.89. The largest absolute Gasteiger partial charge is 0.416 e. The molecule has 1 aromatic heterocycles. The lowest BCUT2D eigenvalue weighted by atomic mass is 9.66. The summed E-state index contributed by atoms with van der Waals surface area (Å²) in [7, 11) is -3.62. The van der Waals surface area contributed by atoms with Crippen molar-refractivity contribution in [2.24, 2.45) is 0 Å². The minimum absolute atomic E-state index is 0.115. The van der Waals surface area contributed by atoms with Crippen LogP contribution in [0.3, 0.4) is 0 Å². The number of hydrogen-bond acceptors (Lipinski definition) is 2. The summed E-state index contributed by atoms with van der Waals surface area (Å²) in [6, 6.07) is 48.4. The first kappa shape index (κ1) is 36.0. The lowest BCUT2D eigenvalue weighted by Gasteiger charge is -2.37. The predicted octanol–water partition coefficient (Wildman–Crippen LogP) is 12.7. The molecule has 0 aliphatic heterocycles. The molecule has 0 bridgehead atoms. The van der Waals surface area contributed by atoms with Crippen LogP contribution in [0.1, 0.15) is 32.7 Å². The first-order chi connectivity index (χ1) is 26.9. The van der Waals surface area contributed by atoms with Crippen LogP contribution in [0.15, 0.2) is 176 Å². The zero-order chi connectivity index (χ0) is 38.9. The summed E-state index contributed by atoms with van der Waals surface area (Å²) < 4.78 is 104. The van der Waals surface area contributed by atoms with Crippen molar-refractivity contribution in [1.29, 1.82) is 0 Å². The molecule has 0 fully saturated rings. The van der Waals surface area contributed by atoms with Gasteiger partial charge < -0.3 is 4.57 Å². The minimum atomic E-state index is -4.76. The topological polar surface area (TPSA) is 17.1 Å². The molecule has 9 aromatic rings. The molecule has 0 aliphatic carbocycles. The molecule has 0 spiro atoms. The number of benzene rings is 8. The van der Waals surface area contributed by atoms with Gasteiger partial charge in [0.1, 0.15) is 0 Å². The maximum atomic E-state index is 15.7. The van der Waals surface area contributed by atoms with Crippen LogP contribution in [0, 0.1) is 0 Å². The third-order valence-corrected chi connectivity index (χ3v) is 15.5. The van der Waals surface area contributed by atoms with Crippen LogP contribution in [0.5, 0.6) is 0 Å². The van der Waals surface area contributed by atoms with Crippen LogP contribution in [0.25, 0.3) is 32.3 Å². The van der Waals surface area contributed by atoms with Crippen LogP contribution in [0.2, 0.25) is 0 Å². The Balaban J connectivity index is 1.47. The van der Waals surface area contributed by atoms with Crippen molar-refractivity contribution < 1.29 is 30.9 Å². The first-order valence-corrected chi connectivity index (χ1v) is 20.3. The quantitative estimate of drug-likeness (QED) is 0.0681. The summed E-state index contributed by atoms with van der Waals surface area (Å²) in [4.78, 5) is 0.410. The Morgan fingerprint density at radius 2 is 0.911 bits per heavy atom. The molecule has 8 aromatic carbocycles. The third-order valence-electron chi connectivity index (χ3n) is 10.7. The van der Waals surface area contributed by atoms with Gasteiger partial charge in [-0.2, -0.15) is 26.3 Å². The monoisotopic (exact) mass is 786 g/mol. The fourth-order valence-corrected chi connectivity index (χ4v) is 12.9. The summed E-state index contributed by atoms with van der Waals surface area (Å²) >= 11 is 1.14. The molecule has 0 amide bonds. The smallest absolute Gasteiger partial charge is 0.308 e. The van der Waals surface area contributed by atoms with Crippen molar-refractivity contribution in [2.75, 3.05) is 0 Å². The average molecular weight is 787 g/mol. The molecule has 1 nitrogen and oxygen atoms in total. The van der Waals surface area contributed by atoms with Crippen molar-refractivity contribution in [3.8, 4) is 0 Å². The summed E-state index contributed by atoms with van der Waals surface area (Å²) in [6.45, 7) is 0. The Bertz CT molecular complexity index is 2830. The van der Waals surface area contributed by atoms with E-state index in [9.17, 15) is 26.3 Å². The van der Waals surface area contributed by atoms with Gasteiger partial charge in [0.05, 0.1) is 21.2 Å². The van der Waals surface area contributed by atoms with Gasteiger partial charge >= 0.3 is 12.4 Å². The van der Waals surface area contributed by atoms with E-state index < -0.39 is 36.0 Å². The van der Waals surface area contributed by atoms with Crippen LogP contribution in [-0.4, -0.2) is 0 Å². The first-order valence-electron chi connectivity index (χ1n) is 17.7. The number of alkyl halides is 6. The van der Waals surface area contributed by atoms with E-state index in [1.807, 2.05) is 66.7 Å². The van der Waals surface area contributed by atoms with Gasteiger partial charge in [-0.05, 0) is 79.3 Å². The number of rotatable bonds is 7. The number of halogens is 6. The fraction of sp³-hybridized carbons (Fsp3) is 0.0638. The second kappa shape index (κ2) is 13.2. The Morgan fingerprint density at radius 3 is 1.46 bits per heavy atom. The van der Waals surface area contributed by atoms with Crippen LogP contribution < -0.4 is 15.2 Å². The standard InChI is InChI=1S/C47H29F6OPS/c48-46(49,50)35-16-9-14-33(28-35)45(34-15-10-17-36(29-34)47(51,52)53,40-27-32-13-7-11-30-23-24-31-12-8-22-39(40)44(31)43(30)32)41-25-26-42(56-41)55(54,37-18-3-1-4-19-37)38-20-5-2-6-21-38/h1-29H. The van der Waals surface area contributed by atoms with Gasteiger partial charge in [-0.15, -0.1) is 11.3 Å². The average Bonchev–Trinajstić information content (AvgIpc) is 3.72. The summed E-state index contributed by atoms with van der Waals surface area (Å²) in [5, 5.41) is 6.16. The van der Waals surface area contributed by atoms with E-state index in [0.717, 1.165) is 62.5 Å². The lowest BCUT2D eigenvalue weighted by molar-refractivity contribution is -0.138. The molecule has 0 radical (unpaired) electrons. The number of thiophene rings is 1. The van der Waals surface area contributed by atoms with E-state index in [1.54, 1.807) is 72.8 Å². The zero-order valence-electron chi connectivity index (χ0n) is 29.3. The molecule has 0 saturated carbocycles. The summed E-state index contributed by atoms with van der Waals surface area (Å²) in [5.74, 6) is 0. The van der Waals surface area contributed by atoms with Crippen LogP contribution in [0.4, 0.5) is 26.3 Å². The van der Waals surface area contributed by atoms with Crippen molar-refractivity contribution in [2.45, 2.75) is 17.8 Å². The second-order valence-corrected chi connectivity index (χ2v) is 17.9. The van der Waals surface area contributed by atoms with Gasteiger partial charge in [0.2, 0.25) is 0 Å². The van der Waals surface area contributed by atoms with Crippen LogP contribution >= 0.6 is 18.5 Å². The molecule has 56 heavy (non-hydrogen) atoms. The number of hydrogen-bond donors (Lipinski definition) is 0. The lowest BCUT2D eigenvalue weighted by Crippen LogP contribution is -2.31. The van der Waals surface area contributed by atoms with Crippen LogP contribution in [-0.2, 0) is 22.3 Å². The molecule has 9 rings (SSSR count). The Hall–Kier alpha value is -5.69. The van der Waals surface area contributed by atoms with Gasteiger partial charge in [0, 0.05) is 15.5 Å². The highest BCUT2D eigenvalue weighted by Gasteiger charge is 2.45. The van der Waals surface area contributed by atoms with Crippen molar-refractivity contribution in [3.05, 3.63) is 209 Å². The third kappa shape index (κ3) is 5.65. The van der Waals surface area contributed by atoms with Gasteiger partial charge in [-0.25, -0.2) is 0 Å². The van der Waals surface area contributed by atoms with Gasteiger partial charge in [0.25, 0.3) is 0 Å². The molecule has 0 saturated heterocycles. The Labute approximate surface area is 322 Å². The molecule has 276 valence electrons. The maximum absolute atomic E-state index is 15.7. The van der Waals surface area contributed by atoms with E-state index in [-0.39, 0.29) is 11.1 Å². The predicted molar refractivity (Wildman–Crippen MR) is 216 cm³/mol. The highest BCUT2D eigenvalue weighted by atomic mass is 32.1. The van der Waals surface area contributed by atoms with Gasteiger partial charge in [0.15, 0.2) is 7.14 Å². The Kier molecular flexibility index (Phi) is 8.49. The van der Waals surface area contributed by atoms with E-state index >= 15 is 4.57 Å². The molecular formula is C47H29F6OPS. The highest BCUT2D eigenvalue weighted by Crippen LogP contribution is 2.54. The van der Waals surface area contributed by atoms with E-state index in [4.69, 9.17) is 0 Å². The second-order valence-electron chi connectivity index (χ2n) is 13.8. The molecule has 0 aliphatic rings. The van der Waals surface area contributed by atoms with E-state index in [1.165, 1.54) is 12.1 Å². The zero-order valence-corrected chi connectivity index (χ0v) is 31.0. The van der Waals surface area contributed by atoms with E-state index in [0.29, 0.717) is 31.1 Å². The van der Waals surface area contributed by atoms with Crippen molar-refractivity contribution in [3.63, 3.8) is 0 Å². The maximum Gasteiger partial charge on any atom is 0.416 e. The molecule has 0 unspecified atom stereocenters. The van der Waals surface area contributed by atoms with Gasteiger partial charge in [-0.3, -0.25) is 0 Å². The summed E-state index contributed by atoms with van der Waals surface area (Å²) in [5.41, 5.74) is -2.93. The normalized spacial score (nSPS) is 12.9. The molecule has 0 N–H and O–H groups in total. The fourth-order valence-electron chi connectivity index (χ4n) is 8.20. The molecular weight excluding hydrogens is 758 g/mol. The summed E-state index contributed by atoms with van der Waals surface area (Å²) in [6.07, 6.45) is -9.52. The van der Waals surface area contributed by atoms with Gasteiger partial charge in [-0.1, -0.05) is 146 Å². The van der Waals surface area contributed by atoms with Crippen molar-refractivity contribution >= 4 is 66.0 Å². The van der Waals surface area contributed by atoms with Crippen molar-refractivity contribution in [1.82, 2.24) is 0 Å².